The van der Waals surface area contributed by atoms with Gasteiger partial charge in [0.15, 0.2) is 5.78 Å². The number of hydrogen-bond donors (Lipinski definition) is 0. The number of Topliss-reactive ketones (excluding diaryl/α,β-unsaturated/α-hetero) is 1. The van der Waals surface area contributed by atoms with E-state index in [9.17, 15) is 9.59 Å². The zero-order chi connectivity index (χ0) is 20.8. The molecule has 0 N–H and O–H groups in total. The highest BCUT2D eigenvalue weighted by atomic mass is 16.7. The number of methoxy groups -OCH3 is 4. The Bertz CT molecular complexity index is 508. The molecule has 0 spiro atoms. The minimum atomic E-state index is -0.655. The van der Waals surface area contributed by atoms with Crippen LogP contribution in [0.15, 0.2) is 0 Å². The van der Waals surface area contributed by atoms with E-state index in [0.29, 0.717) is 13.0 Å². The summed E-state index contributed by atoms with van der Waals surface area (Å²) in [6, 6.07) is 0. The molecule has 3 unspecified atom stereocenters. The molecule has 9 nitrogen and oxygen atoms in total. The van der Waals surface area contributed by atoms with Crippen molar-refractivity contribution in [3.8, 4) is 0 Å². The summed E-state index contributed by atoms with van der Waals surface area (Å²) in [4.78, 5) is 27.3. The summed E-state index contributed by atoms with van der Waals surface area (Å²) in [6.45, 7) is 2.23. The summed E-state index contributed by atoms with van der Waals surface area (Å²) >= 11 is 0. The van der Waals surface area contributed by atoms with E-state index < -0.39 is 36.3 Å². The average Bonchev–Trinajstić information content (AvgIpc) is 2.99. The SMILES string of the molecule is CCC1C(=O)C(C2[C@@H](OCOC)[C@@H](OC)[C@@H](OC)[C@H]2OCOC)CN(C)C1=O. The molecule has 2 fully saturated rings. The summed E-state index contributed by atoms with van der Waals surface area (Å²) in [6.07, 6.45) is -1.44. The van der Waals surface area contributed by atoms with Gasteiger partial charge in [0.1, 0.15) is 25.8 Å². The Morgan fingerprint density at radius 3 is 1.79 bits per heavy atom. The molecule has 0 aromatic carbocycles. The second-order valence-electron chi connectivity index (χ2n) is 7.24. The van der Waals surface area contributed by atoms with Crippen LogP contribution in [0.4, 0.5) is 0 Å². The molecule has 162 valence electrons. The number of likely N-dealkylation sites (tertiary alicyclic amines) is 1. The molecule has 0 aromatic rings. The zero-order valence-corrected chi connectivity index (χ0v) is 17.6. The molecule has 0 radical (unpaired) electrons. The predicted molar refractivity (Wildman–Crippen MR) is 98.5 cm³/mol. The monoisotopic (exact) mass is 403 g/mol. The van der Waals surface area contributed by atoms with Crippen molar-refractivity contribution in [2.45, 2.75) is 37.8 Å². The van der Waals surface area contributed by atoms with Crippen LogP contribution < -0.4 is 0 Å². The van der Waals surface area contributed by atoms with Crippen LogP contribution in [0.5, 0.6) is 0 Å². The molecular formula is C19H33NO8. The fourth-order valence-corrected chi connectivity index (χ4v) is 4.51. The first-order chi connectivity index (χ1) is 13.5. The van der Waals surface area contributed by atoms with E-state index in [2.05, 4.69) is 0 Å². The van der Waals surface area contributed by atoms with E-state index in [0.717, 1.165) is 0 Å². The van der Waals surface area contributed by atoms with Gasteiger partial charge in [-0.2, -0.15) is 0 Å². The molecule has 9 heteroatoms. The van der Waals surface area contributed by atoms with Gasteiger partial charge in [-0.1, -0.05) is 6.92 Å². The van der Waals surface area contributed by atoms with Gasteiger partial charge in [0.05, 0.1) is 18.1 Å². The van der Waals surface area contributed by atoms with E-state index in [4.69, 9.17) is 28.4 Å². The fourth-order valence-electron chi connectivity index (χ4n) is 4.51. The van der Waals surface area contributed by atoms with Crippen molar-refractivity contribution in [1.82, 2.24) is 4.90 Å². The smallest absolute Gasteiger partial charge is 0.232 e. The number of piperidine rings is 1. The third-order valence-electron chi connectivity index (χ3n) is 5.76. The highest BCUT2D eigenvalue weighted by Crippen LogP contribution is 2.42. The standard InChI is InChI=1S/C19H33NO8/c1-7-11-14(21)12(8-20(2)19(11)22)13-15(27-9-23-3)17(25-5)18(26-6)16(13)28-10-24-4/h11-13,15-18H,7-10H2,1-6H3/t11?,12?,13?,15-,16+,17-,18+. The van der Waals surface area contributed by atoms with Crippen LogP contribution in [0, 0.1) is 17.8 Å². The maximum absolute atomic E-state index is 13.2. The van der Waals surface area contributed by atoms with E-state index in [1.165, 1.54) is 14.2 Å². The van der Waals surface area contributed by atoms with E-state index in [-0.39, 0.29) is 31.2 Å². The third kappa shape index (κ3) is 4.39. The van der Waals surface area contributed by atoms with Crippen molar-refractivity contribution in [2.24, 2.45) is 17.8 Å². The summed E-state index contributed by atoms with van der Waals surface area (Å²) in [5, 5.41) is 0. The lowest BCUT2D eigenvalue weighted by molar-refractivity contribution is -0.166. The quantitative estimate of drug-likeness (QED) is 0.380. The highest BCUT2D eigenvalue weighted by molar-refractivity contribution is 6.04. The van der Waals surface area contributed by atoms with Crippen molar-refractivity contribution < 1.29 is 38.0 Å². The molecule has 1 aliphatic carbocycles. The Balaban J connectivity index is 2.42. The van der Waals surface area contributed by atoms with Gasteiger partial charge >= 0.3 is 0 Å². The molecule has 2 aliphatic rings. The Morgan fingerprint density at radius 1 is 0.893 bits per heavy atom. The molecular weight excluding hydrogens is 370 g/mol. The molecule has 1 saturated heterocycles. The van der Waals surface area contributed by atoms with Gasteiger partial charge in [0.2, 0.25) is 5.91 Å². The molecule has 0 aromatic heterocycles. The molecule has 1 heterocycles. The number of ketones is 1. The van der Waals surface area contributed by atoms with Gasteiger partial charge in [0, 0.05) is 53.9 Å². The number of nitrogens with zero attached hydrogens (tertiary/aromatic N) is 1. The van der Waals surface area contributed by atoms with Gasteiger partial charge < -0.3 is 33.3 Å². The van der Waals surface area contributed by atoms with Gasteiger partial charge in [0.25, 0.3) is 0 Å². The van der Waals surface area contributed by atoms with Crippen molar-refractivity contribution >= 4 is 11.7 Å². The molecule has 2 rings (SSSR count). The average molecular weight is 403 g/mol. The predicted octanol–water partition coefficient (Wildman–Crippen LogP) is 0.308. The second kappa shape index (κ2) is 10.6. The molecule has 28 heavy (non-hydrogen) atoms. The van der Waals surface area contributed by atoms with Gasteiger partial charge in [-0.3, -0.25) is 9.59 Å². The number of rotatable bonds is 10. The molecule has 0 bridgehead atoms. The second-order valence-corrected chi connectivity index (χ2v) is 7.24. The van der Waals surface area contributed by atoms with Crippen LogP contribution in [0.2, 0.25) is 0 Å². The largest absolute Gasteiger partial charge is 0.376 e. The summed E-state index contributed by atoms with van der Waals surface area (Å²) in [5.74, 6) is -1.72. The van der Waals surface area contributed by atoms with Crippen molar-refractivity contribution in [3.05, 3.63) is 0 Å². The first-order valence-electron chi connectivity index (χ1n) is 9.52. The lowest BCUT2D eigenvalue weighted by atomic mass is 9.76. The van der Waals surface area contributed by atoms with E-state index in [1.807, 2.05) is 6.92 Å². The number of carbonyl (C=O) groups excluding carboxylic acids is 2. The molecule has 1 aliphatic heterocycles. The normalized spacial score (nSPS) is 36.4. The lowest BCUT2D eigenvalue weighted by Gasteiger charge is -2.39. The first kappa shape index (κ1) is 23.2. The lowest BCUT2D eigenvalue weighted by Crippen LogP contribution is -2.54. The number of hydrogen-bond acceptors (Lipinski definition) is 8. The maximum atomic E-state index is 13.2. The van der Waals surface area contributed by atoms with Crippen LogP contribution in [-0.2, 0) is 38.0 Å². The Morgan fingerprint density at radius 2 is 1.39 bits per heavy atom. The number of amides is 1. The summed E-state index contributed by atoms with van der Waals surface area (Å²) in [5.41, 5.74) is 0. The van der Waals surface area contributed by atoms with Crippen LogP contribution >= 0.6 is 0 Å². The van der Waals surface area contributed by atoms with Crippen molar-refractivity contribution in [1.29, 1.82) is 0 Å². The Labute approximate surface area is 166 Å². The van der Waals surface area contributed by atoms with Crippen LogP contribution in [-0.4, -0.2) is 96.6 Å². The van der Waals surface area contributed by atoms with Crippen LogP contribution in [0.1, 0.15) is 13.3 Å². The fraction of sp³-hybridized carbons (Fsp3) is 0.895. The first-order valence-corrected chi connectivity index (χ1v) is 9.52. The minimum absolute atomic E-state index is 0.0430. The van der Waals surface area contributed by atoms with Gasteiger partial charge in [-0.25, -0.2) is 0 Å². The van der Waals surface area contributed by atoms with Crippen molar-refractivity contribution in [3.63, 3.8) is 0 Å². The van der Waals surface area contributed by atoms with Gasteiger partial charge in [-0.05, 0) is 6.42 Å². The third-order valence-corrected chi connectivity index (χ3v) is 5.76. The molecule has 7 atom stereocenters. The minimum Gasteiger partial charge on any atom is -0.376 e. The van der Waals surface area contributed by atoms with E-state index in [1.54, 1.807) is 26.2 Å². The Hall–Kier alpha value is -1.10. The van der Waals surface area contributed by atoms with Crippen molar-refractivity contribution in [2.75, 3.05) is 55.6 Å². The highest BCUT2D eigenvalue weighted by Gasteiger charge is 2.59. The number of carbonyl (C=O) groups is 2. The van der Waals surface area contributed by atoms with E-state index >= 15 is 0 Å². The summed E-state index contributed by atoms with van der Waals surface area (Å²) in [7, 11) is 7.93. The van der Waals surface area contributed by atoms with Crippen LogP contribution in [0.3, 0.4) is 0 Å². The number of ether oxygens (including phenoxy) is 6. The maximum Gasteiger partial charge on any atom is 0.232 e. The molecule has 1 saturated carbocycles. The Kier molecular flexibility index (Phi) is 8.79. The topological polar surface area (TPSA) is 92.8 Å². The summed E-state index contributed by atoms with van der Waals surface area (Å²) < 4.78 is 33.4. The van der Waals surface area contributed by atoms with Crippen LogP contribution in [0.25, 0.3) is 0 Å². The molecule has 1 amide bonds. The van der Waals surface area contributed by atoms with Gasteiger partial charge in [-0.15, -0.1) is 0 Å². The zero-order valence-electron chi connectivity index (χ0n) is 17.6.